The Morgan fingerprint density at radius 1 is 0.475 bits per heavy atom. The molecule has 4 aromatic carbocycles. The summed E-state index contributed by atoms with van der Waals surface area (Å²) in [6.45, 7) is 13.8. The van der Waals surface area contributed by atoms with Gasteiger partial charge in [-0.15, -0.1) is 0 Å². The van der Waals surface area contributed by atoms with Crippen molar-refractivity contribution < 1.29 is 50.4 Å². The Bertz CT molecular complexity index is 1930. The maximum atomic E-state index is 12.0. The average Bonchev–Trinajstić information content (AvgIpc) is 2.89. The van der Waals surface area contributed by atoms with Crippen molar-refractivity contribution in [2.24, 2.45) is 0 Å². The Morgan fingerprint density at radius 2 is 0.775 bits per heavy atom. The van der Waals surface area contributed by atoms with E-state index in [1.54, 1.807) is 27.7 Å². The van der Waals surface area contributed by atoms with E-state index in [0.717, 1.165) is 0 Å². The van der Waals surface area contributed by atoms with Crippen molar-refractivity contribution in [1.82, 2.24) is 0 Å². The van der Waals surface area contributed by atoms with E-state index in [0.29, 0.717) is 11.1 Å². The summed E-state index contributed by atoms with van der Waals surface area (Å²) < 4.78 is 0. The molecular formula is C30H26O10. The molecule has 0 aromatic heterocycles. The third-order valence-corrected chi connectivity index (χ3v) is 7.05. The summed E-state index contributed by atoms with van der Waals surface area (Å²) >= 11 is 0. The van der Waals surface area contributed by atoms with Crippen LogP contribution >= 0.6 is 0 Å². The molecule has 10 nitrogen and oxygen atoms in total. The van der Waals surface area contributed by atoms with E-state index in [2.05, 4.69) is 13.2 Å². The fourth-order valence-electron chi connectivity index (χ4n) is 5.27. The zero-order valence-corrected chi connectivity index (χ0v) is 22.0. The average molecular weight is 547 g/mol. The third kappa shape index (κ3) is 3.35. The molecule has 0 atom stereocenters. The third-order valence-electron chi connectivity index (χ3n) is 7.05. The normalized spacial score (nSPS) is 11.2. The molecule has 0 radical (unpaired) electrons. The van der Waals surface area contributed by atoms with Gasteiger partial charge in [0.05, 0.1) is 11.1 Å². The number of phenolic OH excluding ortho intramolecular Hbond substituents is 8. The van der Waals surface area contributed by atoms with Crippen LogP contribution in [0.15, 0.2) is 0 Å². The second-order valence-electron chi connectivity index (χ2n) is 9.81. The Hall–Kier alpha value is -5.38. The lowest BCUT2D eigenvalue weighted by Gasteiger charge is -2.20. The molecule has 10 heteroatoms. The van der Waals surface area contributed by atoms with Crippen LogP contribution in [0.3, 0.4) is 0 Å². The lowest BCUT2D eigenvalue weighted by molar-refractivity contribution is 0.111. The summed E-state index contributed by atoms with van der Waals surface area (Å²) in [6, 6.07) is 0. The van der Waals surface area contributed by atoms with E-state index in [4.69, 9.17) is 0 Å². The molecule has 0 unspecified atom stereocenters. The highest BCUT2D eigenvalue weighted by atomic mass is 16.3. The molecule has 0 amide bonds. The molecule has 0 saturated carbocycles. The van der Waals surface area contributed by atoms with E-state index in [9.17, 15) is 50.4 Å². The second-order valence-corrected chi connectivity index (χ2v) is 9.81. The van der Waals surface area contributed by atoms with E-state index in [-0.39, 0.29) is 44.2 Å². The molecule has 206 valence electrons. The van der Waals surface area contributed by atoms with Crippen molar-refractivity contribution in [1.29, 1.82) is 0 Å². The van der Waals surface area contributed by atoms with Crippen molar-refractivity contribution in [2.75, 3.05) is 0 Å². The van der Waals surface area contributed by atoms with Gasteiger partial charge in [0.25, 0.3) is 0 Å². The van der Waals surface area contributed by atoms with Crippen LogP contribution in [0, 0.1) is 0 Å². The van der Waals surface area contributed by atoms with Gasteiger partial charge >= 0.3 is 0 Å². The first-order valence-electron chi connectivity index (χ1n) is 11.8. The molecule has 0 aliphatic rings. The van der Waals surface area contributed by atoms with Gasteiger partial charge in [0, 0.05) is 53.5 Å². The molecule has 0 aliphatic heterocycles. The minimum absolute atomic E-state index is 0.0787. The number of rotatable bonds is 3. The van der Waals surface area contributed by atoms with Gasteiger partial charge in [-0.1, -0.05) is 24.3 Å². The van der Waals surface area contributed by atoms with Gasteiger partial charge in [0.2, 0.25) is 0 Å². The molecule has 40 heavy (non-hydrogen) atoms. The van der Waals surface area contributed by atoms with Gasteiger partial charge in [0.1, 0.15) is 23.0 Å². The van der Waals surface area contributed by atoms with Gasteiger partial charge in [-0.05, 0) is 27.7 Å². The van der Waals surface area contributed by atoms with Gasteiger partial charge < -0.3 is 40.9 Å². The molecule has 0 saturated heterocycles. The van der Waals surface area contributed by atoms with E-state index in [1.165, 1.54) is 0 Å². The highest BCUT2D eigenvalue weighted by Gasteiger charge is 2.29. The minimum atomic E-state index is -0.876. The maximum absolute atomic E-state index is 12.0. The zero-order valence-electron chi connectivity index (χ0n) is 22.0. The number of carbonyl (C=O) groups is 2. The standard InChI is InChI=1S/C30H26O10/c1-9(2)15-21-19(13(7-31)25(35)29(15)39)27(37)17(11(5)23(21)33)18-12(6)24(34)22-16(10(3)4)30(40)26(36)14(8-32)20(22)28(18)38/h7-8,33-40H,5-6H2,1-4H3. The largest absolute Gasteiger partial charge is 0.507 e. The number of benzene rings is 4. The van der Waals surface area contributed by atoms with Crippen LogP contribution in [0.5, 0.6) is 46.0 Å². The van der Waals surface area contributed by atoms with E-state index < -0.39 is 79.0 Å². The highest BCUT2D eigenvalue weighted by molar-refractivity contribution is 6.14. The van der Waals surface area contributed by atoms with Crippen molar-refractivity contribution >= 4 is 58.4 Å². The minimum Gasteiger partial charge on any atom is -0.507 e. The maximum Gasteiger partial charge on any atom is 0.169 e. The van der Waals surface area contributed by atoms with Crippen LogP contribution in [-0.2, 0) is 0 Å². The van der Waals surface area contributed by atoms with Crippen molar-refractivity contribution in [2.45, 2.75) is 27.7 Å². The van der Waals surface area contributed by atoms with Gasteiger partial charge in [-0.25, -0.2) is 0 Å². The number of hydrogen-bond donors (Lipinski definition) is 8. The highest BCUT2D eigenvalue weighted by Crippen LogP contribution is 2.47. The summed E-state index contributed by atoms with van der Waals surface area (Å²) in [5.41, 5.74) is -1.24. The number of fused-ring (bicyclic) bond motifs is 2. The number of aromatic hydroxyl groups is 8. The molecule has 0 spiro atoms. The molecule has 0 aliphatic carbocycles. The Labute approximate surface area is 225 Å². The molecule has 0 bridgehead atoms. The number of aldehydes is 2. The summed E-state index contributed by atoms with van der Waals surface area (Å²) in [6.07, 6.45) is 0.302. The number of hydrogen-bond acceptors (Lipinski definition) is 10. The Kier molecular flexibility index (Phi) is 6.31. The molecule has 4 rings (SSSR count). The Morgan fingerprint density at radius 3 is 1.02 bits per heavy atom. The van der Waals surface area contributed by atoms with Crippen LogP contribution in [0.1, 0.15) is 48.4 Å². The topological polar surface area (TPSA) is 196 Å². The van der Waals surface area contributed by atoms with Crippen molar-refractivity contribution in [3.63, 3.8) is 0 Å². The lowest BCUT2D eigenvalue weighted by Crippen LogP contribution is -2.18. The smallest absolute Gasteiger partial charge is 0.169 e. The fraction of sp³-hybridized carbons (Fsp3) is 0.133. The quantitative estimate of drug-likeness (QED) is 0.107. The first-order valence-corrected chi connectivity index (χ1v) is 11.8. The summed E-state index contributed by atoms with van der Waals surface area (Å²) in [4.78, 5) is 24.0. The molecule has 0 heterocycles. The lowest BCUT2D eigenvalue weighted by atomic mass is 9.87. The Balaban J connectivity index is 2.46. The summed E-state index contributed by atoms with van der Waals surface area (Å²) in [7, 11) is 0. The monoisotopic (exact) mass is 546 g/mol. The molecule has 8 N–H and O–H groups in total. The predicted octanol–water partition coefficient (Wildman–Crippen LogP) is 2.13. The SMILES string of the molecule is C=c1c(-c2c(O)c3c(C=O)c(O)c(O)c(=C(C)C)c3c(O)c2=C)c(O)c2c(C=O)c(O)c(O)c(=C(C)C)c2c1O. The van der Waals surface area contributed by atoms with E-state index in [1.807, 2.05) is 0 Å². The predicted molar refractivity (Wildman–Crippen MR) is 150 cm³/mol. The van der Waals surface area contributed by atoms with Crippen LogP contribution < -0.4 is 20.9 Å². The number of carbonyl (C=O) groups excluding carboxylic acids is 2. The summed E-state index contributed by atoms with van der Waals surface area (Å²) in [5, 5.41) is 85.8. The first kappa shape index (κ1) is 27.6. The van der Waals surface area contributed by atoms with Crippen LogP contribution in [0.25, 0.3) is 57.0 Å². The van der Waals surface area contributed by atoms with Crippen molar-refractivity contribution in [3.05, 3.63) is 32.0 Å². The molecule has 4 aromatic rings. The number of phenols is 8. The van der Waals surface area contributed by atoms with E-state index >= 15 is 0 Å². The first-order chi connectivity index (χ1) is 18.6. The zero-order chi connectivity index (χ0) is 30.1. The molecular weight excluding hydrogens is 520 g/mol. The summed E-state index contributed by atoms with van der Waals surface area (Å²) in [5.74, 6) is -6.04. The van der Waals surface area contributed by atoms with Crippen LogP contribution in [0.2, 0.25) is 0 Å². The van der Waals surface area contributed by atoms with Crippen molar-refractivity contribution in [3.8, 4) is 57.1 Å². The second kappa shape index (κ2) is 9.12. The van der Waals surface area contributed by atoms with Gasteiger partial charge in [-0.2, -0.15) is 0 Å². The van der Waals surface area contributed by atoms with Crippen LogP contribution in [-0.4, -0.2) is 53.4 Å². The van der Waals surface area contributed by atoms with Gasteiger partial charge in [0.15, 0.2) is 35.6 Å². The van der Waals surface area contributed by atoms with Gasteiger partial charge in [-0.3, -0.25) is 9.59 Å². The molecule has 0 fully saturated rings. The fourth-order valence-corrected chi connectivity index (χ4v) is 5.27. The van der Waals surface area contributed by atoms with Crippen LogP contribution in [0.4, 0.5) is 0 Å².